The summed E-state index contributed by atoms with van der Waals surface area (Å²) < 4.78 is 8.08. The summed E-state index contributed by atoms with van der Waals surface area (Å²) in [5.41, 5.74) is 6.80. The quantitative estimate of drug-likeness (QED) is 0.523. The van der Waals surface area contributed by atoms with E-state index in [1.165, 1.54) is 0 Å². The number of carbonyl (C=O) groups is 1. The number of nitrogen functional groups attached to an aromatic ring is 1. The average molecular weight is 420 g/mol. The van der Waals surface area contributed by atoms with Gasteiger partial charge < -0.3 is 15.5 Å². The van der Waals surface area contributed by atoms with Crippen LogP contribution in [-0.2, 0) is 6.54 Å². The topological polar surface area (TPSA) is 121 Å². The molecule has 9 heteroatoms. The van der Waals surface area contributed by atoms with Gasteiger partial charge >= 0.3 is 17.7 Å². The first-order valence-electron chi connectivity index (χ1n) is 9.89. The van der Waals surface area contributed by atoms with Crippen molar-refractivity contribution in [1.82, 2.24) is 24.6 Å². The third kappa shape index (κ3) is 3.94. The highest BCUT2D eigenvalue weighted by Gasteiger charge is 2.34. The van der Waals surface area contributed by atoms with Crippen LogP contribution in [0, 0.1) is 5.41 Å². The van der Waals surface area contributed by atoms with Crippen molar-refractivity contribution in [3.63, 3.8) is 0 Å². The number of nitrogens with one attached hydrogen (secondary N) is 1. The lowest BCUT2D eigenvalue weighted by molar-refractivity contribution is 0.206. The number of hydrogen-bond acceptors (Lipinski definition) is 6. The number of hydrogen-bond donors (Lipinski definition) is 2. The summed E-state index contributed by atoms with van der Waals surface area (Å²) in [7, 11) is 0. The van der Waals surface area contributed by atoms with Crippen LogP contribution < -0.4 is 16.7 Å². The van der Waals surface area contributed by atoms with Crippen LogP contribution in [0.15, 0.2) is 63.8 Å². The normalized spacial score (nSPS) is 12.7. The van der Waals surface area contributed by atoms with E-state index < -0.39 is 23.2 Å². The van der Waals surface area contributed by atoms with E-state index in [1.807, 2.05) is 63.2 Å². The van der Waals surface area contributed by atoms with Gasteiger partial charge in [0.1, 0.15) is 6.04 Å². The van der Waals surface area contributed by atoms with Gasteiger partial charge in [-0.1, -0.05) is 68.3 Å². The summed E-state index contributed by atoms with van der Waals surface area (Å²) in [6.07, 6.45) is 0. The largest absolute Gasteiger partial charge is 0.406 e. The van der Waals surface area contributed by atoms with Crippen molar-refractivity contribution in [2.45, 2.75) is 33.4 Å². The first kappa shape index (κ1) is 20.4. The number of carbonyl (C=O) groups excluding carboxylic acids is 1. The molecule has 0 radical (unpaired) electrons. The minimum Gasteiger partial charge on any atom is -0.406 e. The Hall–Kier alpha value is -3.88. The van der Waals surface area contributed by atoms with Gasteiger partial charge in [0.2, 0.25) is 5.89 Å². The summed E-state index contributed by atoms with van der Waals surface area (Å²) in [5, 5.41) is 10.5. The molecule has 1 atom stereocenters. The van der Waals surface area contributed by atoms with Crippen molar-refractivity contribution in [3.05, 3.63) is 76.5 Å². The molecule has 0 aliphatic rings. The summed E-state index contributed by atoms with van der Waals surface area (Å²) >= 11 is 0. The smallest absolute Gasteiger partial charge is 0.337 e. The van der Waals surface area contributed by atoms with Gasteiger partial charge in [0.25, 0.3) is 0 Å². The molecule has 160 valence electrons. The molecule has 9 nitrogen and oxygen atoms in total. The van der Waals surface area contributed by atoms with E-state index in [2.05, 4.69) is 15.5 Å². The zero-order chi connectivity index (χ0) is 22.2. The van der Waals surface area contributed by atoms with Crippen molar-refractivity contribution >= 4 is 23.1 Å². The third-order valence-corrected chi connectivity index (χ3v) is 5.06. The van der Waals surface area contributed by atoms with E-state index in [4.69, 9.17) is 10.2 Å². The Bertz CT molecular complexity index is 1280. The van der Waals surface area contributed by atoms with Crippen molar-refractivity contribution in [2.75, 3.05) is 5.73 Å². The molecule has 0 aliphatic heterocycles. The van der Waals surface area contributed by atoms with Gasteiger partial charge in [-0.2, -0.15) is 0 Å². The number of para-hydroxylation sites is 2. The average Bonchev–Trinajstić information content (AvgIpc) is 3.27. The molecule has 0 aliphatic carbocycles. The number of rotatable bonds is 4. The minimum atomic E-state index is -0.645. The molecule has 0 unspecified atom stereocenters. The maximum Gasteiger partial charge on any atom is 0.337 e. The number of amides is 1. The number of benzene rings is 2. The first-order valence-corrected chi connectivity index (χ1v) is 9.89. The number of anilines is 1. The van der Waals surface area contributed by atoms with Crippen molar-refractivity contribution in [3.8, 4) is 0 Å². The Balaban J connectivity index is 1.76. The van der Waals surface area contributed by atoms with Crippen LogP contribution in [0.3, 0.4) is 0 Å². The summed E-state index contributed by atoms with van der Waals surface area (Å²) in [6.45, 7) is 6.10. The number of aromatic nitrogens is 4. The molecule has 0 spiro atoms. The molecular formula is C22H24N6O3. The highest BCUT2D eigenvalue weighted by atomic mass is 16.4. The SMILES string of the molecule is CC(C)(C)[C@H](NC(=O)n1c(=O)n(Cc2ccccc2)c2ccccc21)c1nnc(N)o1. The lowest BCUT2D eigenvalue weighted by atomic mass is 9.86. The Morgan fingerprint density at radius 1 is 1.06 bits per heavy atom. The second-order valence-electron chi connectivity index (χ2n) is 8.41. The molecule has 0 fully saturated rings. The van der Waals surface area contributed by atoms with Crippen LogP contribution in [-0.4, -0.2) is 25.4 Å². The molecule has 3 N–H and O–H groups in total. The van der Waals surface area contributed by atoms with Gasteiger partial charge in [-0.3, -0.25) is 4.57 Å². The van der Waals surface area contributed by atoms with Crippen molar-refractivity contribution in [2.24, 2.45) is 5.41 Å². The zero-order valence-electron chi connectivity index (χ0n) is 17.6. The van der Waals surface area contributed by atoms with Crippen LogP contribution in [0.1, 0.15) is 38.3 Å². The van der Waals surface area contributed by atoms with Crippen molar-refractivity contribution < 1.29 is 9.21 Å². The third-order valence-electron chi connectivity index (χ3n) is 5.06. The maximum absolute atomic E-state index is 13.3. The van der Waals surface area contributed by atoms with Crippen LogP contribution >= 0.6 is 0 Å². The lowest BCUT2D eigenvalue weighted by Gasteiger charge is -2.28. The van der Waals surface area contributed by atoms with E-state index in [0.717, 1.165) is 10.1 Å². The molecule has 1 amide bonds. The molecule has 0 bridgehead atoms. The number of fused-ring (bicyclic) bond motifs is 1. The van der Waals surface area contributed by atoms with E-state index in [9.17, 15) is 9.59 Å². The Morgan fingerprint density at radius 3 is 2.32 bits per heavy atom. The van der Waals surface area contributed by atoms with Crippen LogP contribution in [0.2, 0.25) is 0 Å². The summed E-state index contributed by atoms with van der Waals surface area (Å²) in [4.78, 5) is 26.6. The second kappa shape index (κ2) is 7.75. The molecule has 2 aromatic heterocycles. The van der Waals surface area contributed by atoms with Gasteiger partial charge in [-0.25, -0.2) is 14.2 Å². The first-order chi connectivity index (χ1) is 14.8. The Labute approximate surface area is 178 Å². The number of nitrogens with zero attached hydrogens (tertiary/aromatic N) is 4. The van der Waals surface area contributed by atoms with Gasteiger partial charge in [0.15, 0.2) is 0 Å². The lowest BCUT2D eigenvalue weighted by Crippen LogP contribution is -2.42. The van der Waals surface area contributed by atoms with Crippen molar-refractivity contribution in [1.29, 1.82) is 0 Å². The van der Waals surface area contributed by atoms with E-state index in [1.54, 1.807) is 16.7 Å². The number of imidazole rings is 1. The monoisotopic (exact) mass is 420 g/mol. The zero-order valence-corrected chi connectivity index (χ0v) is 17.6. The molecule has 4 aromatic rings. The van der Waals surface area contributed by atoms with Crippen LogP contribution in [0.25, 0.3) is 11.0 Å². The fourth-order valence-electron chi connectivity index (χ4n) is 3.52. The van der Waals surface area contributed by atoms with E-state index >= 15 is 0 Å². The predicted molar refractivity (Wildman–Crippen MR) is 117 cm³/mol. The molecule has 0 saturated heterocycles. The molecule has 2 aromatic carbocycles. The predicted octanol–water partition coefficient (Wildman–Crippen LogP) is 3.16. The maximum atomic E-state index is 13.3. The fourth-order valence-corrected chi connectivity index (χ4v) is 3.52. The summed E-state index contributed by atoms with van der Waals surface area (Å²) in [5.74, 6) is 0.180. The van der Waals surface area contributed by atoms with Crippen LogP contribution in [0.4, 0.5) is 10.8 Å². The highest BCUT2D eigenvalue weighted by Crippen LogP contribution is 2.32. The minimum absolute atomic E-state index is 0.0878. The molecule has 2 heterocycles. The summed E-state index contributed by atoms with van der Waals surface area (Å²) in [6, 6.07) is 15.5. The van der Waals surface area contributed by atoms with Gasteiger partial charge in [-0.15, -0.1) is 5.10 Å². The molecule has 4 rings (SSSR count). The fraction of sp³-hybridized carbons (Fsp3) is 0.273. The van der Waals surface area contributed by atoms with E-state index in [-0.39, 0.29) is 11.9 Å². The van der Waals surface area contributed by atoms with Gasteiger partial charge in [0, 0.05) is 0 Å². The highest BCUT2D eigenvalue weighted by molar-refractivity contribution is 5.89. The second-order valence-corrected chi connectivity index (χ2v) is 8.41. The van der Waals surface area contributed by atoms with Crippen LogP contribution in [0.5, 0.6) is 0 Å². The molecular weight excluding hydrogens is 396 g/mol. The van der Waals surface area contributed by atoms with Gasteiger partial charge in [0.05, 0.1) is 17.6 Å². The molecule has 31 heavy (non-hydrogen) atoms. The molecule has 0 saturated carbocycles. The Kier molecular flexibility index (Phi) is 5.10. The van der Waals surface area contributed by atoms with E-state index in [0.29, 0.717) is 17.6 Å². The standard InChI is InChI=1S/C22H24N6O3/c1-22(2,3)17(18-25-26-19(23)31-18)24-20(29)28-16-12-8-7-11-15(16)27(21(28)30)13-14-9-5-4-6-10-14/h4-12,17H,13H2,1-3H3,(H2,23,26)(H,24,29)/t17-/m1/s1. The Morgan fingerprint density at radius 2 is 1.71 bits per heavy atom. The number of nitrogens with two attached hydrogens (primary N) is 1. The van der Waals surface area contributed by atoms with Gasteiger partial charge in [-0.05, 0) is 23.1 Å².